The number of hydrogen-bond acceptors (Lipinski definition) is 5. The van der Waals surface area contributed by atoms with Crippen molar-refractivity contribution in [3.8, 4) is 11.5 Å². The molecule has 1 aliphatic carbocycles. The van der Waals surface area contributed by atoms with Crippen molar-refractivity contribution in [1.29, 1.82) is 0 Å². The van der Waals surface area contributed by atoms with Crippen molar-refractivity contribution in [3.05, 3.63) is 36.2 Å². The molecule has 1 aromatic carbocycles. The molecule has 0 spiro atoms. The molecule has 6 nitrogen and oxygen atoms in total. The molecule has 1 N–H and O–H groups in total. The summed E-state index contributed by atoms with van der Waals surface area (Å²) in [7, 11) is 0. The fourth-order valence-corrected chi connectivity index (χ4v) is 2.55. The number of benzene rings is 1. The van der Waals surface area contributed by atoms with Gasteiger partial charge in [0.15, 0.2) is 17.6 Å². The Labute approximate surface area is 122 Å². The van der Waals surface area contributed by atoms with Gasteiger partial charge in [-0.2, -0.15) is 0 Å². The molecule has 2 aliphatic rings. The number of para-hydroxylation sites is 2. The molecule has 1 fully saturated rings. The summed E-state index contributed by atoms with van der Waals surface area (Å²) in [5.41, 5.74) is 0.648. The first-order valence-electron chi connectivity index (χ1n) is 7.26. The van der Waals surface area contributed by atoms with Crippen molar-refractivity contribution < 1.29 is 14.6 Å². The predicted octanol–water partition coefficient (Wildman–Crippen LogP) is 1.56. The summed E-state index contributed by atoms with van der Waals surface area (Å²) in [4.78, 5) is 0. The SMILES string of the molecule is O[C@@H](c1cn(CC2COc3ccccc3O2)nn1)C1CC1. The molecule has 1 aliphatic heterocycles. The average Bonchev–Trinajstić information content (AvgIpc) is 3.26. The van der Waals surface area contributed by atoms with E-state index >= 15 is 0 Å². The quantitative estimate of drug-likeness (QED) is 0.924. The van der Waals surface area contributed by atoms with Crippen LogP contribution < -0.4 is 9.47 Å². The summed E-state index contributed by atoms with van der Waals surface area (Å²) in [6, 6.07) is 7.63. The van der Waals surface area contributed by atoms with Crippen LogP contribution in [0.25, 0.3) is 0 Å². The average molecular weight is 287 g/mol. The Morgan fingerprint density at radius 3 is 2.90 bits per heavy atom. The van der Waals surface area contributed by atoms with Crippen LogP contribution in [0.2, 0.25) is 0 Å². The highest BCUT2D eigenvalue weighted by molar-refractivity contribution is 5.40. The summed E-state index contributed by atoms with van der Waals surface area (Å²) in [5.74, 6) is 1.89. The van der Waals surface area contributed by atoms with E-state index in [0.29, 0.717) is 24.8 Å². The molecule has 2 heterocycles. The Kier molecular flexibility index (Phi) is 3.03. The van der Waals surface area contributed by atoms with E-state index in [1.54, 1.807) is 10.9 Å². The molecule has 0 bridgehead atoms. The van der Waals surface area contributed by atoms with Gasteiger partial charge in [-0.25, -0.2) is 4.68 Å². The normalized spacial score (nSPS) is 22.0. The molecule has 0 radical (unpaired) electrons. The second-order valence-electron chi connectivity index (χ2n) is 5.65. The molecule has 4 rings (SSSR count). The molecule has 2 aromatic rings. The van der Waals surface area contributed by atoms with Crippen LogP contribution in [-0.2, 0) is 6.54 Å². The van der Waals surface area contributed by atoms with Gasteiger partial charge in [-0.05, 0) is 30.9 Å². The van der Waals surface area contributed by atoms with Crippen molar-refractivity contribution in [2.75, 3.05) is 6.61 Å². The summed E-state index contributed by atoms with van der Waals surface area (Å²) in [6.07, 6.45) is 3.36. The van der Waals surface area contributed by atoms with Gasteiger partial charge in [0.05, 0.1) is 12.7 Å². The Morgan fingerprint density at radius 1 is 1.29 bits per heavy atom. The maximum absolute atomic E-state index is 10.0. The van der Waals surface area contributed by atoms with Crippen LogP contribution in [0.1, 0.15) is 24.6 Å². The molecule has 0 amide bonds. The summed E-state index contributed by atoms with van der Waals surface area (Å²) >= 11 is 0. The fourth-order valence-electron chi connectivity index (χ4n) is 2.55. The van der Waals surface area contributed by atoms with Gasteiger partial charge in [-0.3, -0.25) is 0 Å². The first kappa shape index (κ1) is 12.6. The lowest BCUT2D eigenvalue weighted by Gasteiger charge is -2.26. The lowest BCUT2D eigenvalue weighted by atomic mass is 10.2. The molecule has 0 saturated heterocycles. The number of aliphatic hydroxyl groups is 1. The number of aliphatic hydroxyl groups excluding tert-OH is 1. The van der Waals surface area contributed by atoms with Gasteiger partial charge in [0.1, 0.15) is 18.4 Å². The fraction of sp³-hybridized carbons (Fsp3) is 0.467. The third-order valence-corrected chi connectivity index (χ3v) is 3.89. The van der Waals surface area contributed by atoms with Crippen molar-refractivity contribution in [1.82, 2.24) is 15.0 Å². The van der Waals surface area contributed by atoms with Gasteiger partial charge in [0, 0.05) is 0 Å². The Balaban J connectivity index is 1.42. The van der Waals surface area contributed by atoms with E-state index in [9.17, 15) is 5.11 Å². The van der Waals surface area contributed by atoms with Crippen LogP contribution in [0.3, 0.4) is 0 Å². The monoisotopic (exact) mass is 287 g/mol. The molecule has 1 aromatic heterocycles. The predicted molar refractivity (Wildman–Crippen MR) is 74.1 cm³/mol. The van der Waals surface area contributed by atoms with Crippen LogP contribution in [-0.4, -0.2) is 32.8 Å². The van der Waals surface area contributed by atoms with E-state index in [-0.39, 0.29) is 6.10 Å². The van der Waals surface area contributed by atoms with Crippen LogP contribution in [0.5, 0.6) is 11.5 Å². The first-order chi connectivity index (χ1) is 10.3. The Morgan fingerprint density at radius 2 is 2.10 bits per heavy atom. The summed E-state index contributed by atoms with van der Waals surface area (Å²) < 4.78 is 13.3. The molecule has 1 saturated carbocycles. The van der Waals surface area contributed by atoms with E-state index in [0.717, 1.165) is 24.3 Å². The Bertz CT molecular complexity index is 639. The molecule has 1 unspecified atom stereocenters. The van der Waals surface area contributed by atoms with E-state index < -0.39 is 6.10 Å². The van der Waals surface area contributed by atoms with Gasteiger partial charge in [0.25, 0.3) is 0 Å². The van der Waals surface area contributed by atoms with Crippen molar-refractivity contribution >= 4 is 0 Å². The van der Waals surface area contributed by atoms with Crippen LogP contribution >= 0.6 is 0 Å². The zero-order valence-corrected chi connectivity index (χ0v) is 11.6. The number of rotatable bonds is 4. The third-order valence-electron chi connectivity index (χ3n) is 3.89. The zero-order valence-electron chi connectivity index (χ0n) is 11.6. The highest BCUT2D eigenvalue weighted by Gasteiger charge is 2.32. The van der Waals surface area contributed by atoms with Crippen molar-refractivity contribution in [2.45, 2.75) is 31.6 Å². The molecular formula is C15H17N3O3. The highest BCUT2D eigenvalue weighted by atomic mass is 16.6. The maximum atomic E-state index is 10.0. The van der Waals surface area contributed by atoms with E-state index in [1.807, 2.05) is 24.3 Å². The topological polar surface area (TPSA) is 69.4 Å². The first-order valence-corrected chi connectivity index (χ1v) is 7.26. The van der Waals surface area contributed by atoms with Crippen molar-refractivity contribution in [3.63, 3.8) is 0 Å². The Hall–Kier alpha value is -2.08. The van der Waals surface area contributed by atoms with Crippen molar-refractivity contribution in [2.24, 2.45) is 5.92 Å². The lowest BCUT2D eigenvalue weighted by Crippen LogP contribution is -2.33. The van der Waals surface area contributed by atoms with Gasteiger partial charge in [0.2, 0.25) is 0 Å². The number of fused-ring (bicyclic) bond motifs is 1. The molecule has 21 heavy (non-hydrogen) atoms. The van der Waals surface area contributed by atoms with Gasteiger partial charge in [-0.1, -0.05) is 17.3 Å². The molecule has 2 atom stereocenters. The lowest BCUT2D eigenvalue weighted by molar-refractivity contribution is 0.0754. The van der Waals surface area contributed by atoms with E-state index in [1.165, 1.54) is 0 Å². The third kappa shape index (κ3) is 2.58. The zero-order chi connectivity index (χ0) is 14.2. The smallest absolute Gasteiger partial charge is 0.161 e. The molecular weight excluding hydrogens is 270 g/mol. The minimum Gasteiger partial charge on any atom is -0.486 e. The van der Waals surface area contributed by atoms with Gasteiger partial charge in [-0.15, -0.1) is 5.10 Å². The minimum absolute atomic E-state index is 0.104. The number of aromatic nitrogens is 3. The highest BCUT2D eigenvalue weighted by Crippen LogP contribution is 2.40. The standard InChI is InChI=1S/C15H17N3O3/c19-15(10-5-6-10)12-8-18(17-16-12)7-11-9-20-13-3-1-2-4-14(13)21-11/h1-4,8,10-11,15,19H,5-7,9H2/t11?,15-/m1/s1. The largest absolute Gasteiger partial charge is 0.486 e. The number of ether oxygens (including phenoxy) is 2. The summed E-state index contributed by atoms with van der Waals surface area (Å²) in [6.45, 7) is 1.04. The van der Waals surface area contributed by atoms with Gasteiger partial charge < -0.3 is 14.6 Å². The number of nitrogens with zero attached hydrogens (tertiary/aromatic N) is 3. The van der Waals surface area contributed by atoms with E-state index in [2.05, 4.69) is 10.3 Å². The minimum atomic E-state index is -0.483. The summed E-state index contributed by atoms with van der Waals surface area (Å²) in [5, 5.41) is 18.2. The van der Waals surface area contributed by atoms with Gasteiger partial charge >= 0.3 is 0 Å². The van der Waals surface area contributed by atoms with Crippen LogP contribution in [0, 0.1) is 5.92 Å². The van der Waals surface area contributed by atoms with Crippen LogP contribution in [0.15, 0.2) is 30.5 Å². The number of hydrogen-bond donors (Lipinski definition) is 1. The van der Waals surface area contributed by atoms with E-state index in [4.69, 9.17) is 9.47 Å². The second-order valence-corrected chi connectivity index (χ2v) is 5.65. The van der Waals surface area contributed by atoms with Crippen LogP contribution in [0.4, 0.5) is 0 Å². The molecule has 6 heteroatoms. The maximum Gasteiger partial charge on any atom is 0.161 e. The molecule has 110 valence electrons. The second kappa shape index (κ2) is 5.04.